The Hall–Kier alpha value is -1.64. The lowest BCUT2D eigenvalue weighted by molar-refractivity contribution is 0.583. The van der Waals surface area contributed by atoms with Crippen LogP contribution in [0.2, 0.25) is 0 Å². The molecule has 0 fully saturated rings. The van der Waals surface area contributed by atoms with Crippen molar-refractivity contribution in [1.82, 2.24) is 9.97 Å². The van der Waals surface area contributed by atoms with E-state index in [2.05, 4.69) is 9.97 Å². The summed E-state index contributed by atoms with van der Waals surface area (Å²) in [4.78, 5) is 18.6. The van der Waals surface area contributed by atoms with E-state index in [1.165, 1.54) is 0 Å². The topological polar surface area (TPSA) is 45.8 Å². The van der Waals surface area contributed by atoms with Gasteiger partial charge in [0.15, 0.2) is 0 Å². The van der Waals surface area contributed by atoms with Crippen LogP contribution in [0.15, 0.2) is 29.3 Å². The molecule has 78 valence electrons. The van der Waals surface area contributed by atoms with Crippen LogP contribution in [0.5, 0.6) is 0 Å². The Morgan fingerprint density at radius 2 is 2.07 bits per heavy atom. The Morgan fingerprint density at radius 3 is 2.73 bits per heavy atom. The van der Waals surface area contributed by atoms with Crippen molar-refractivity contribution < 1.29 is 0 Å². The third-order valence-corrected chi connectivity index (χ3v) is 2.46. The van der Waals surface area contributed by atoms with Crippen molar-refractivity contribution in [1.29, 1.82) is 0 Å². The first kappa shape index (κ1) is 9.90. The fourth-order valence-corrected chi connectivity index (χ4v) is 1.60. The largest absolute Gasteiger partial charge is 0.320 e. The molecule has 2 aromatic rings. The van der Waals surface area contributed by atoms with E-state index >= 15 is 0 Å². The van der Waals surface area contributed by atoms with Crippen LogP contribution >= 0.6 is 0 Å². The lowest BCUT2D eigenvalue weighted by atomic mass is 9.87. The Labute approximate surface area is 88.2 Å². The summed E-state index contributed by atoms with van der Waals surface area (Å²) in [5.41, 5.74) is 1.44. The van der Waals surface area contributed by atoms with Crippen LogP contribution in [0, 0.1) is 0 Å². The smallest absolute Gasteiger partial charge is 0.252 e. The van der Waals surface area contributed by atoms with Gasteiger partial charge in [-0.1, -0.05) is 20.8 Å². The number of H-pyrrole nitrogens is 1. The van der Waals surface area contributed by atoms with E-state index in [-0.39, 0.29) is 11.0 Å². The van der Waals surface area contributed by atoms with E-state index in [0.29, 0.717) is 0 Å². The fourth-order valence-electron chi connectivity index (χ4n) is 1.60. The van der Waals surface area contributed by atoms with Crippen molar-refractivity contribution in [2.45, 2.75) is 26.2 Å². The van der Waals surface area contributed by atoms with Crippen molar-refractivity contribution >= 4 is 10.9 Å². The molecule has 2 heterocycles. The molecule has 0 bridgehead atoms. The van der Waals surface area contributed by atoms with Crippen LogP contribution in [-0.2, 0) is 5.41 Å². The van der Waals surface area contributed by atoms with Crippen LogP contribution in [-0.4, -0.2) is 9.97 Å². The molecule has 3 heteroatoms. The van der Waals surface area contributed by atoms with Crippen LogP contribution < -0.4 is 5.56 Å². The van der Waals surface area contributed by atoms with Gasteiger partial charge in [-0.05, 0) is 17.5 Å². The molecule has 0 atom stereocenters. The molecule has 0 aromatic carbocycles. The van der Waals surface area contributed by atoms with Gasteiger partial charge in [0.2, 0.25) is 0 Å². The van der Waals surface area contributed by atoms with Crippen LogP contribution in [0.3, 0.4) is 0 Å². The number of nitrogens with zero attached hydrogens (tertiary/aromatic N) is 1. The molecule has 0 saturated carbocycles. The third-order valence-electron chi connectivity index (χ3n) is 2.46. The average Bonchev–Trinajstić information content (AvgIpc) is 2.15. The normalized spacial score (nSPS) is 11.9. The molecule has 15 heavy (non-hydrogen) atoms. The van der Waals surface area contributed by atoms with E-state index in [1.807, 2.05) is 32.9 Å². The lowest BCUT2D eigenvalue weighted by Crippen LogP contribution is -2.24. The van der Waals surface area contributed by atoms with Gasteiger partial charge in [0.05, 0.1) is 11.7 Å². The zero-order valence-electron chi connectivity index (χ0n) is 9.16. The molecule has 0 spiro atoms. The van der Waals surface area contributed by atoms with E-state index < -0.39 is 0 Å². The maximum Gasteiger partial charge on any atom is 0.252 e. The monoisotopic (exact) mass is 202 g/mol. The molecule has 0 saturated heterocycles. The van der Waals surface area contributed by atoms with Gasteiger partial charge in [-0.2, -0.15) is 0 Å². The van der Waals surface area contributed by atoms with Crippen molar-refractivity contribution in [3.05, 3.63) is 40.4 Å². The first-order valence-electron chi connectivity index (χ1n) is 4.96. The Balaban J connectivity index is 2.79. The number of nitrogens with one attached hydrogen (secondary N) is 1. The van der Waals surface area contributed by atoms with E-state index in [4.69, 9.17) is 0 Å². The molecule has 1 N–H and O–H groups in total. The van der Waals surface area contributed by atoms with Gasteiger partial charge in [-0.3, -0.25) is 9.78 Å². The van der Waals surface area contributed by atoms with Crippen molar-refractivity contribution in [2.75, 3.05) is 0 Å². The predicted molar refractivity (Wildman–Crippen MR) is 61.1 cm³/mol. The minimum atomic E-state index is -0.134. The summed E-state index contributed by atoms with van der Waals surface area (Å²) >= 11 is 0. The SMILES string of the molecule is CC(C)(C)c1cc2ccncc2[nH]c1=O. The second-order valence-electron chi connectivity index (χ2n) is 4.73. The lowest BCUT2D eigenvalue weighted by Gasteiger charge is -2.17. The van der Waals surface area contributed by atoms with E-state index in [0.717, 1.165) is 16.5 Å². The third kappa shape index (κ3) is 1.77. The molecule has 0 aliphatic rings. The summed E-state index contributed by atoms with van der Waals surface area (Å²) < 4.78 is 0. The van der Waals surface area contributed by atoms with Crippen LogP contribution in [0.25, 0.3) is 10.9 Å². The number of aromatic nitrogens is 2. The second-order valence-corrected chi connectivity index (χ2v) is 4.73. The zero-order chi connectivity index (χ0) is 11.1. The molecular weight excluding hydrogens is 188 g/mol. The first-order valence-corrected chi connectivity index (χ1v) is 4.96. The van der Waals surface area contributed by atoms with Crippen LogP contribution in [0.1, 0.15) is 26.3 Å². The summed E-state index contributed by atoms with van der Waals surface area (Å²) in [6.45, 7) is 6.10. The minimum Gasteiger partial charge on any atom is -0.320 e. The van der Waals surface area contributed by atoms with E-state index in [9.17, 15) is 4.79 Å². The molecule has 0 aliphatic carbocycles. The van der Waals surface area contributed by atoms with Gasteiger partial charge in [-0.25, -0.2) is 0 Å². The van der Waals surface area contributed by atoms with Crippen molar-refractivity contribution in [3.8, 4) is 0 Å². The Morgan fingerprint density at radius 1 is 1.33 bits per heavy atom. The van der Waals surface area contributed by atoms with Crippen molar-refractivity contribution in [3.63, 3.8) is 0 Å². The van der Waals surface area contributed by atoms with Gasteiger partial charge in [0.25, 0.3) is 5.56 Å². The highest BCUT2D eigenvalue weighted by Crippen LogP contribution is 2.20. The summed E-state index contributed by atoms with van der Waals surface area (Å²) in [5.74, 6) is 0. The average molecular weight is 202 g/mol. The second kappa shape index (κ2) is 3.19. The molecule has 0 aliphatic heterocycles. The minimum absolute atomic E-state index is 0.0250. The molecule has 2 rings (SSSR count). The number of pyridine rings is 2. The van der Waals surface area contributed by atoms with Gasteiger partial charge >= 0.3 is 0 Å². The van der Waals surface area contributed by atoms with E-state index in [1.54, 1.807) is 12.4 Å². The van der Waals surface area contributed by atoms with Crippen molar-refractivity contribution in [2.24, 2.45) is 0 Å². The Bertz CT molecular complexity index is 549. The molecular formula is C12H14N2O. The fraction of sp³-hybridized carbons (Fsp3) is 0.333. The highest BCUT2D eigenvalue weighted by molar-refractivity contribution is 5.77. The number of rotatable bonds is 0. The maximum absolute atomic E-state index is 11.8. The van der Waals surface area contributed by atoms with Gasteiger partial charge in [0.1, 0.15) is 0 Å². The van der Waals surface area contributed by atoms with Gasteiger partial charge < -0.3 is 4.98 Å². The molecule has 0 radical (unpaired) electrons. The highest BCUT2D eigenvalue weighted by atomic mass is 16.1. The Kier molecular flexibility index (Phi) is 2.11. The quantitative estimate of drug-likeness (QED) is 0.712. The molecule has 0 unspecified atom stereocenters. The summed E-state index contributed by atoms with van der Waals surface area (Å²) in [6, 6.07) is 3.84. The van der Waals surface area contributed by atoms with Gasteiger partial charge in [0, 0.05) is 17.1 Å². The summed E-state index contributed by atoms with van der Waals surface area (Å²) in [6.07, 6.45) is 3.40. The number of fused-ring (bicyclic) bond motifs is 1. The molecule has 2 aromatic heterocycles. The highest BCUT2D eigenvalue weighted by Gasteiger charge is 2.17. The first-order chi connectivity index (χ1) is 6.98. The molecule has 0 amide bonds. The summed E-state index contributed by atoms with van der Waals surface area (Å²) in [5, 5.41) is 1.02. The van der Waals surface area contributed by atoms with Gasteiger partial charge in [-0.15, -0.1) is 0 Å². The zero-order valence-corrected chi connectivity index (χ0v) is 9.16. The number of hydrogen-bond acceptors (Lipinski definition) is 2. The maximum atomic E-state index is 11.8. The standard InChI is InChI=1S/C12H14N2O/c1-12(2,3)9-6-8-4-5-13-7-10(8)14-11(9)15/h4-7H,1-3H3,(H,14,15). The molecule has 3 nitrogen and oxygen atoms in total. The number of aromatic amines is 1. The number of hydrogen-bond donors (Lipinski definition) is 1. The summed E-state index contributed by atoms with van der Waals surface area (Å²) in [7, 11) is 0. The van der Waals surface area contributed by atoms with Crippen LogP contribution in [0.4, 0.5) is 0 Å². The predicted octanol–water partition coefficient (Wildman–Crippen LogP) is 2.22.